The van der Waals surface area contributed by atoms with Crippen LogP contribution in [0.5, 0.6) is 0 Å². The molecule has 0 aliphatic rings. The number of hydrogen-bond acceptors (Lipinski definition) is 4. The van der Waals surface area contributed by atoms with E-state index in [9.17, 15) is 14.0 Å². The molecule has 0 aliphatic carbocycles. The number of ether oxygens (including phenoxy) is 1. The Bertz CT molecular complexity index is 518. The van der Waals surface area contributed by atoms with Crippen LogP contribution in [0.15, 0.2) is 24.3 Å². The summed E-state index contributed by atoms with van der Waals surface area (Å²) < 4.78 is 18.0. The number of carbonyl (C=O) groups excluding carboxylic acids is 2. The summed E-state index contributed by atoms with van der Waals surface area (Å²) in [6.45, 7) is 7.31. The van der Waals surface area contributed by atoms with Crippen molar-refractivity contribution in [2.45, 2.75) is 20.3 Å². The monoisotopic (exact) mass is 324 g/mol. The van der Waals surface area contributed by atoms with Gasteiger partial charge in [0, 0.05) is 25.2 Å². The third kappa shape index (κ3) is 6.36. The highest BCUT2D eigenvalue weighted by Gasteiger charge is 2.18. The minimum absolute atomic E-state index is 0.121. The molecule has 1 aromatic rings. The lowest BCUT2D eigenvalue weighted by atomic mass is 10.2. The third-order valence-electron chi connectivity index (χ3n) is 3.75. The van der Waals surface area contributed by atoms with Crippen LogP contribution >= 0.6 is 0 Å². The van der Waals surface area contributed by atoms with Gasteiger partial charge in [-0.25, -0.2) is 4.39 Å². The highest BCUT2D eigenvalue weighted by molar-refractivity contribution is 5.94. The minimum Gasteiger partial charge on any atom is -0.469 e. The summed E-state index contributed by atoms with van der Waals surface area (Å²) in [5.41, 5.74) is 0.286. The number of hydrogen-bond donors (Lipinski definition) is 0. The van der Waals surface area contributed by atoms with E-state index in [1.807, 2.05) is 0 Å². The molecule has 0 saturated heterocycles. The predicted octanol–water partition coefficient (Wildman–Crippen LogP) is 2.17. The van der Waals surface area contributed by atoms with E-state index in [2.05, 4.69) is 23.5 Å². The van der Waals surface area contributed by atoms with Crippen molar-refractivity contribution >= 4 is 11.9 Å². The number of methoxy groups -OCH3 is 1. The van der Waals surface area contributed by atoms with Crippen molar-refractivity contribution in [2.75, 3.05) is 39.8 Å². The average molecular weight is 324 g/mol. The highest BCUT2D eigenvalue weighted by atomic mass is 19.1. The number of rotatable bonds is 9. The lowest BCUT2D eigenvalue weighted by molar-refractivity contribution is -0.140. The molecule has 128 valence electrons. The molecule has 6 heteroatoms. The van der Waals surface area contributed by atoms with Crippen molar-refractivity contribution in [3.63, 3.8) is 0 Å². The van der Waals surface area contributed by atoms with Crippen LogP contribution in [0.4, 0.5) is 4.39 Å². The maximum absolute atomic E-state index is 13.3. The zero-order valence-corrected chi connectivity index (χ0v) is 14.0. The van der Waals surface area contributed by atoms with Gasteiger partial charge in [-0.3, -0.25) is 9.59 Å². The third-order valence-corrected chi connectivity index (χ3v) is 3.75. The summed E-state index contributed by atoms with van der Waals surface area (Å²) in [5, 5.41) is 0. The second-order valence-electron chi connectivity index (χ2n) is 5.16. The summed E-state index contributed by atoms with van der Waals surface area (Å²) in [7, 11) is 1.32. The smallest absolute Gasteiger partial charge is 0.307 e. The molecule has 0 aliphatic heterocycles. The lowest BCUT2D eigenvalue weighted by Crippen LogP contribution is -2.40. The zero-order chi connectivity index (χ0) is 17.2. The molecule has 0 radical (unpaired) electrons. The van der Waals surface area contributed by atoms with Crippen molar-refractivity contribution in [3.05, 3.63) is 35.6 Å². The number of halogens is 1. The summed E-state index contributed by atoms with van der Waals surface area (Å²) in [5.74, 6) is -1.10. The summed E-state index contributed by atoms with van der Waals surface area (Å²) in [6.07, 6.45) is 0.121. The van der Waals surface area contributed by atoms with Crippen LogP contribution in [0.1, 0.15) is 30.6 Å². The molecule has 1 amide bonds. The SMILES string of the molecule is CCN(CC)CCN(CCC(=O)OC)C(=O)c1cccc(F)c1. The number of likely N-dealkylation sites (N-methyl/N-ethyl adjacent to an activating group) is 1. The van der Waals surface area contributed by atoms with Gasteiger partial charge in [0.25, 0.3) is 5.91 Å². The molecule has 0 fully saturated rings. The van der Waals surface area contributed by atoms with Gasteiger partial charge in [0.2, 0.25) is 0 Å². The van der Waals surface area contributed by atoms with E-state index >= 15 is 0 Å². The highest BCUT2D eigenvalue weighted by Crippen LogP contribution is 2.09. The first-order valence-electron chi connectivity index (χ1n) is 7.85. The first-order chi connectivity index (χ1) is 11.0. The lowest BCUT2D eigenvalue weighted by Gasteiger charge is -2.26. The molecule has 0 N–H and O–H groups in total. The molecular formula is C17H25FN2O3. The molecule has 0 spiro atoms. The molecule has 0 aromatic heterocycles. The van der Waals surface area contributed by atoms with Crippen molar-refractivity contribution in [1.82, 2.24) is 9.80 Å². The Morgan fingerprint density at radius 3 is 2.39 bits per heavy atom. The van der Waals surface area contributed by atoms with Crippen LogP contribution in [-0.4, -0.2) is 61.5 Å². The molecular weight excluding hydrogens is 299 g/mol. The predicted molar refractivity (Wildman–Crippen MR) is 86.7 cm³/mol. The number of benzene rings is 1. The molecule has 0 atom stereocenters. The van der Waals surface area contributed by atoms with E-state index < -0.39 is 5.82 Å². The van der Waals surface area contributed by atoms with E-state index in [-0.39, 0.29) is 30.4 Å². The molecule has 0 saturated carbocycles. The van der Waals surface area contributed by atoms with E-state index in [4.69, 9.17) is 0 Å². The summed E-state index contributed by atoms with van der Waals surface area (Å²) in [4.78, 5) is 27.7. The standard InChI is InChI=1S/C17H25FN2O3/c1-4-19(5-2)11-12-20(10-9-16(21)23-3)17(22)14-7-6-8-15(18)13-14/h6-8,13H,4-5,9-12H2,1-3H3. The number of amides is 1. The van der Waals surface area contributed by atoms with Crippen molar-refractivity contribution in [3.8, 4) is 0 Å². The van der Waals surface area contributed by atoms with Gasteiger partial charge >= 0.3 is 5.97 Å². The Morgan fingerprint density at radius 1 is 1.13 bits per heavy atom. The van der Waals surface area contributed by atoms with Gasteiger partial charge < -0.3 is 14.5 Å². The average Bonchev–Trinajstić information content (AvgIpc) is 2.57. The summed E-state index contributed by atoms with van der Waals surface area (Å²) >= 11 is 0. The van der Waals surface area contributed by atoms with Gasteiger partial charge in [0.1, 0.15) is 5.82 Å². The maximum atomic E-state index is 13.3. The Kier molecular flexibility index (Phi) is 8.26. The zero-order valence-electron chi connectivity index (χ0n) is 14.0. The Hall–Kier alpha value is -1.95. The normalized spacial score (nSPS) is 10.7. The van der Waals surface area contributed by atoms with Crippen molar-refractivity contribution in [1.29, 1.82) is 0 Å². The molecule has 1 rings (SSSR count). The van der Waals surface area contributed by atoms with E-state index in [0.29, 0.717) is 13.1 Å². The molecule has 0 unspecified atom stereocenters. The largest absolute Gasteiger partial charge is 0.469 e. The van der Waals surface area contributed by atoms with Gasteiger partial charge in [-0.15, -0.1) is 0 Å². The minimum atomic E-state index is -0.451. The van der Waals surface area contributed by atoms with Gasteiger partial charge in [-0.1, -0.05) is 19.9 Å². The van der Waals surface area contributed by atoms with E-state index in [1.165, 1.54) is 25.3 Å². The summed E-state index contributed by atoms with van der Waals surface area (Å²) in [6, 6.07) is 5.59. The van der Waals surface area contributed by atoms with Gasteiger partial charge in [-0.05, 0) is 31.3 Å². The molecule has 0 bridgehead atoms. The van der Waals surface area contributed by atoms with Crippen LogP contribution in [0.2, 0.25) is 0 Å². The maximum Gasteiger partial charge on any atom is 0.307 e. The Balaban J connectivity index is 2.80. The number of esters is 1. The van der Waals surface area contributed by atoms with Gasteiger partial charge in [-0.2, -0.15) is 0 Å². The van der Waals surface area contributed by atoms with Gasteiger partial charge in [0.15, 0.2) is 0 Å². The Morgan fingerprint density at radius 2 is 1.83 bits per heavy atom. The van der Waals surface area contributed by atoms with Crippen LogP contribution in [0.3, 0.4) is 0 Å². The first kappa shape index (κ1) is 19.1. The van der Waals surface area contributed by atoms with Crippen LogP contribution in [0, 0.1) is 5.82 Å². The second-order valence-corrected chi connectivity index (χ2v) is 5.16. The number of nitrogens with zero attached hydrogens (tertiary/aromatic N) is 2. The van der Waals surface area contributed by atoms with Crippen molar-refractivity contribution in [2.24, 2.45) is 0 Å². The Labute approximate surface area is 137 Å². The quantitative estimate of drug-likeness (QED) is 0.653. The fourth-order valence-electron chi connectivity index (χ4n) is 2.25. The topological polar surface area (TPSA) is 49.9 Å². The molecule has 23 heavy (non-hydrogen) atoms. The van der Waals surface area contributed by atoms with Gasteiger partial charge in [0.05, 0.1) is 13.5 Å². The van der Waals surface area contributed by atoms with Crippen LogP contribution < -0.4 is 0 Å². The van der Waals surface area contributed by atoms with Crippen LogP contribution in [-0.2, 0) is 9.53 Å². The first-order valence-corrected chi connectivity index (χ1v) is 7.85. The van der Waals surface area contributed by atoms with Crippen molar-refractivity contribution < 1.29 is 18.7 Å². The second kappa shape index (κ2) is 9.94. The van der Waals surface area contributed by atoms with Crippen LogP contribution in [0.25, 0.3) is 0 Å². The molecule has 5 nitrogen and oxygen atoms in total. The van der Waals surface area contributed by atoms with E-state index in [1.54, 1.807) is 11.0 Å². The fourth-order valence-corrected chi connectivity index (χ4v) is 2.25. The van der Waals surface area contributed by atoms with E-state index in [0.717, 1.165) is 13.1 Å². The molecule has 1 aromatic carbocycles. The molecule has 0 heterocycles. The number of carbonyl (C=O) groups is 2. The fraction of sp³-hybridized carbons (Fsp3) is 0.529.